The second kappa shape index (κ2) is 4.21. The highest BCUT2D eigenvalue weighted by Gasteiger charge is 2.29. The van der Waals surface area contributed by atoms with E-state index in [0.29, 0.717) is 10.2 Å². The van der Waals surface area contributed by atoms with Gasteiger partial charge < -0.3 is 9.94 Å². The summed E-state index contributed by atoms with van der Waals surface area (Å²) in [4.78, 5) is 15.3. The van der Waals surface area contributed by atoms with Gasteiger partial charge in [-0.3, -0.25) is 0 Å². The third-order valence-electron chi connectivity index (χ3n) is 2.19. The molecular weight excluding hydrogens is 281 g/mol. The number of oxime groups is 1. The Bertz CT molecular complexity index is 475. The number of carboxylic acids is 1. The van der Waals surface area contributed by atoms with Gasteiger partial charge in [0.25, 0.3) is 0 Å². The number of carboxylic acid groups (broad SMARTS) is 1. The molecule has 1 aliphatic heterocycles. The van der Waals surface area contributed by atoms with Crippen molar-refractivity contribution in [2.45, 2.75) is 12.5 Å². The van der Waals surface area contributed by atoms with Crippen LogP contribution in [0.5, 0.6) is 0 Å². The molecule has 1 aliphatic rings. The second-order valence-corrected chi connectivity index (χ2v) is 4.21. The predicted octanol–water partition coefficient (Wildman–Crippen LogP) is 2.17. The molecule has 1 aromatic carbocycles. The van der Waals surface area contributed by atoms with Crippen molar-refractivity contribution in [2.75, 3.05) is 0 Å². The van der Waals surface area contributed by atoms with Gasteiger partial charge in [0.05, 0.1) is 5.71 Å². The molecule has 1 heterocycles. The standard InChI is InChI=1S/C10H7BrFNO3/c11-5-1-2-6(7(12)3-5)8-4-9(10(14)15)16-13-8/h1-3,9H,4H2,(H,14,15)/t9-/m0/s1. The first-order valence-electron chi connectivity index (χ1n) is 4.49. The van der Waals surface area contributed by atoms with Crippen LogP contribution in [-0.2, 0) is 9.63 Å². The summed E-state index contributed by atoms with van der Waals surface area (Å²) < 4.78 is 14.1. The number of nitrogens with zero attached hydrogens (tertiary/aromatic N) is 1. The molecule has 1 atom stereocenters. The molecule has 0 unspecified atom stereocenters. The molecule has 84 valence electrons. The van der Waals surface area contributed by atoms with E-state index in [9.17, 15) is 9.18 Å². The Hall–Kier alpha value is -1.43. The van der Waals surface area contributed by atoms with E-state index < -0.39 is 17.9 Å². The van der Waals surface area contributed by atoms with Gasteiger partial charge in [0.15, 0.2) is 0 Å². The van der Waals surface area contributed by atoms with Crippen molar-refractivity contribution in [3.63, 3.8) is 0 Å². The third-order valence-corrected chi connectivity index (χ3v) is 2.68. The minimum atomic E-state index is -1.10. The number of hydrogen-bond acceptors (Lipinski definition) is 3. The zero-order valence-electron chi connectivity index (χ0n) is 7.98. The molecular formula is C10H7BrFNO3. The third kappa shape index (κ3) is 2.06. The average molecular weight is 288 g/mol. The predicted molar refractivity (Wildman–Crippen MR) is 57.8 cm³/mol. The van der Waals surface area contributed by atoms with Crippen LogP contribution < -0.4 is 0 Å². The van der Waals surface area contributed by atoms with E-state index in [4.69, 9.17) is 5.11 Å². The molecule has 1 aromatic rings. The SMILES string of the molecule is O=C(O)[C@@H]1CC(c2ccc(Br)cc2F)=NO1. The van der Waals surface area contributed by atoms with Crippen molar-refractivity contribution in [1.29, 1.82) is 0 Å². The molecule has 2 rings (SSSR count). The topological polar surface area (TPSA) is 58.9 Å². The highest BCUT2D eigenvalue weighted by atomic mass is 79.9. The van der Waals surface area contributed by atoms with Gasteiger partial charge in [0.2, 0.25) is 6.10 Å². The van der Waals surface area contributed by atoms with Crippen LogP contribution in [0.2, 0.25) is 0 Å². The van der Waals surface area contributed by atoms with Crippen molar-refractivity contribution in [3.8, 4) is 0 Å². The summed E-state index contributed by atoms with van der Waals surface area (Å²) in [5.74, 6) is -1.56. The van der Waals surface area contributed by atoms with Crippen LogP contribution in [0.15, 0.2) is 27.8 Å². The number of halogens is 2. The summed E-state index contributed by atoms with van der Waals surface area (Å²) in [6.45, 7) is 0. The van der Waals surface area contributed by atoms with Crippen LogP contribution in [0.25, 0.3) is 0 Å². The highest BCUT2D eigenvalue weighted by molar-refractivity contribution is 9.10. The Morgan fingerprint density at radius 2 is 2.38 bits per heavy atom. The van der Waals surface area contributed by atoms with E-state index in [1.165, 1.54) is 12.1 Å². The molecule has 0 aliphatic carbocycles. The Morgan fingerprint density at radius 3 is 2.94 bits per heavy atom. The normalized spacial score (nSPS) is 19.1. The molecule has 0 amide bonds. The maximum absolute atomic E-state index is 13.5. The summed E-state index contributed by atoms with van der Waals surface area (Å²) in [5.41, 5.74) is 0.587. The van der Waals surface area contributed by atoms with Crippen molar-refractivity contribution in [2.24, 2.45) is 5.16 Å². The molecule has 0 aromatic heterocycles. The first-order chi connectivity index (χ1) is 7.58. The first-order valence-corrected chi connectivity index (χ1v) is 5.28. The van der Waals surface area contributed by atoms with Crippen LogP contribution >= 0.6 is 15.9 Å². The molecule has 6 heteroatoms. The van der Waals surface area contributed by atoms with E-state index in [1.807, 2.05) is 0 Å². The number of carbonyl (C=O) groups is 1. The van der Waals surface area contributed by atoms with Gasteiger partial charge in [-0.05, 0) is 18.2 Å². The summed E-state index contributed by atoms with van der Waals surface area (Å²) in [6.07, 6.45) is -0.938. The van der Waals surface area contributed by atoms with Crippen molar-refractivity contribution in [1.82, 2.24) is 0 Å². The largest absolute Gasteiger partial charge is 0.478 e. The van der Waals surface area contributed by atoms with E-state index >= 15 is 0 Å². The van der Waals surface area contributed by atoms with E-state index in [1.54, 1.807) is 6.07 Å². The lowest BCUT2D eigenvalue weighted by atomic mass is 10.0. The summed E-state index contributed by atoms with van der Waals surface area (Å²) in [7, 11) is 0. The molecule has 0 bridgehead atoms. The summed E-state index contributed by atoms with van der Waals surface area (Å²) in [6, 6.07) is 4.49. The number of aliphatic carboxylic acids is 1. The van der Waals surface area contributed by atoms with Crippen molar-refractivity contribution >= 4 is 27.6 Å². The Kier molecular flexibility index (Phi) is 2.91. The number of hydrogen-bond donors (Lipinski definition) is 1. The average Bonchev–Trinajstić information content (AvgIpc) is 2.66. The lowest BCUT2D eigenvalue weighted by Crippen LogP contribution is -2.20. The van der Waals surface area contributed by atoms with Gasteiger partial charge in [-0.1, -0.05) is 21.1 Å². The smallest absolute Gasteiger partial charge is 0.348 e. The maximum atomic E-state index is 13.5. The van der Waals surface area contributed by atoms with Crippen LogP contribution in [-0.4, -0.2) is 22.9 Å². The fourth-order valence-electron chi connectivity index (χ4n) is 1.39. The molecule has 4 nitrogen and oxygen atoms in total. The molecule has 1 N–H and O–H groups in total. The minimum Gasteiger partial charge on any atom is -0.478 e. The fourth-order valence-corrected chi connectivity index (χ4v) is 1.73. The minimum absolute atomic E-state index is 0.0773. The Balaban J connectivity index is 2.24. The zero-order chi connectivity index (χ0) is 11.7. The van der Waals surface area contributed by atoms with Crippen LogP contribution in [0.4, 0.5) is 4.39 Å². The van der Waals surface area contributed by atoms with Gasteiger partial charge in [-0.25, -0.2) is 9.18 Å². The summed E-state index contributed by atoms with van der Waals surface area (Å²) in [5, 5.41) is 12.3. The Morgan fingerprint density at radius 1 is 1.62 bits per heavy atom. The number of rotatable bonds is 2. The molecule has 0 spiro atoms. The molecule has 0 saturated heterocycles. The van der Waals surface area contributed by atoms with Gasteiger partial charge in [-0.2, -0.15) is 0 Å². The first kappa shape index (κ1) is 11.1. The monoisotopic (exact) mass is 287 g/mol. The van der Waals surface area contributed by atoms with Crippen LogP contribution in [0, 0.1) is 5.82 Å². The molecule has 16 heavy (non-hydrogen) atoms. The van der Waals surface area contributed by atoms with Crippen molar-refractivity contribution < 1.29 is 19.1 Å². The van der Waals surface area contributed by atoms with Gasteiger partial charge in [0, 0.05) is 16.5 Å². The van der Waals surface area contributed by atoms with Crippen LogP contribution in [0.3, 0.4) is 0 Å². The Labute approximate surface area is 98.8 Å². The van der Waals surface area contributed by atoms with E-state index in [0.717, 1.165) is 0 Å². The lowest BCUT2D eigenvalue weighted by Gasteiger charge is -2.02. The number of benzene rings is 1. The van der Waals surface area contributed by atoms with Gasteiger partial charge in [-0.15, -0.1) is 0 Å². The maximum Gasteiger partial charge on any atom is 0.348 e. The van der Waals surface area contributed by atoms with Crippen LogP contribution in [0.1, 0.15) is 12.0 Å². The van der Waals surface area contributed by atoms with Gasteiger partial charge >= 0.3 is 5.97 Å². The molecule has 0 saturated carbocycles. The highest BCUT2D eigenvalue weighted by Crippen LogP contribution is 2.21. The van der Waals surface area contributed by atoms with E-state index in [2.05, 4.69) is 25.9 Å². The second-order valence-electron chi connectivity index (χ2n) is 3.30. The summed E-state index contributed by atoms with van der Waals surface area (Å²) >= 11 is 3.13. The fraction of sp³-hybridized carbons (Fsp3) is 0.200. The molecule has 0 fully saturated rings. The van der Waals surface area contributed by atoms with Crippen molar-refractivity contribution in [3.05, 3.63) is 34.1 Å². The zero-order valence-corrected chi connectivity index (χ0v) is 9.57. The molecule has 0 radical (unpaired) electrons. The van der Waals surface area contributed by atoms with E-state index in [-0.39, 0.29) is 12.0 Å². The van der Waals surface area contributed by atoms with Gasteiger partial charge in [0.1, 0.15) is 5.82 Å². The quantitative estimate of drug-likeness (QED) is 0.907. The lowest BCUT2D eigenvalue weighted by molar-refractivity contribution is -0.148.